The summed E-state index contributed by atoms with van der Waals surface area (Å²) in [4.78, 5) is 11.5. The SMILES string of the molecule is CCC(N)CSc1nc(C)nc2sc(C)c(C)c12. The van der Waals surface area contributed by atoms with Gasteiger partial charge in [-0.15, -0.1) is 23.1 Å². The topological polar surface area (TPSA) is 51.8 Å². The number of nitrogens with two attached hydrogens (primary N) is 1. The van der Waals surface area contributed by atoms with Gasteiger partial charge in [0.25, 0.3) is 0 Å². The van der Waals surface area contributed by atoms with Crippen LogP contribution >= 0.6 is 23.1 Å². The zero-order chi connectivity index (χ0) is 13.3. The van der Waals surface area contributed by atoms with Crippen LogP contribution in [0.2, 0.25) is 0 Å². The molecule has 5 heteroatoms. The number of fused-ring (bicyclic) bond motifs is 1. The Morgan fingerprint density at radius 1 is 1.28 bits per heavy atom. The quantitative estimate of drug-likeness (QED) is 0.689. The van der Waals surface area contributed by atoms with Crippen LogP contribution in [0, 0.1) is 20.8 Å². The van der Waals surface area contributed by atoms with Crippen molar-refractivity contribution in [3.8, 4) is 0 Å². The lowest BCUT2D eigenvalue weighted by Gasteiger charge is -2.09. The fraction of sp³-hybridized carbons (Fsp3) is 0.538. The number of thiophene rings is 1. The molecule has 18 heavy (non-hydrogen) atoms. The summed E-state index contributed by atoms with van der Waals surface area (Å²) in [5.74, 6) is 1.76. The van der Waals surface area contributed by atoms with Crippen molar-refractivity contribution in [3.63, 3.8) is 0 Å². The summed E-state index contributed by atoms with van der Waals surface area (Å²) in [7, 11) is 0. The molecule has 0 spiro atoms. The van der Waals surface area contributed by atoms with Crippen LogP contribution in [0.25, 0.3) is 10.2 Å². The summed E-state index contributed by atoms with van der Waals surface area (Å²) in [5.41, 5.74) is 7.29. The summed E-state index contributed by atoms with van der Waals surface area (Å²) in [5, 5.41) is 2.31. The normalized spacial score (nSPS) is 13.2. The molecule has 0 saturated heterocycles. The van der Waals surface area contributed by atoms with E-state index < -0.39 is 0 Å². The lowest BCUT2D eigenvalue weighted by molar-refractivity contribution is 0.724. The smallest absolute Gasteiger partial charge is 0.128 e. The first kappa shape index (κ1) is 13.8. The number of rotatable bonds is 4. The van der Waals surface area contributed by atoms with Crippen molar-refractivity contribution in [2.75, 3.05) is 5.75 Å². The Balaban J connectivity index is 2.42. The van der Waals surface area contributed by atoms with Crippen LogP contribution in [0.4, 0.5) is 0 Å². The van der Waals surface area contributed by atoms with Crippen LogP contribution in [0.15, 0.2) is 5.03 Å². The molecule has 0 aliphatic heterocycles. The van der Waals surface area contributed by atoms with Crippen molar-refractivity contribution in [1.29, 1.82) is 0 Å². The van der Waals surface area contributed by atoms with E-state index >= 15 is 0 Å². The van der Waals surface area contributed by atoms with Crippen molar-refractivity contribution < 1.29 is 0 Å². The Morgan fingerprint density at radius 3 is 2.67 bits per heavy atom. The first-order valence-corrected chi connectivity index (χ1v) is 7.95. The zero-order valence-electron chi connectivity index (χ0n) is 11.3. The largest absolute Gasteiger partial charge is 0.327 e. The Hall–Kier alpha value is -0.650. The van der Waals surface area contributed by atoms with E-state index in [0.717, 1.165) is 27.9 Å². The number of nitrogens with zero attached hydrogens (tertiary/aromatic N) is 2. The molecule has 0 radical (unpaired) electrons. The van der Waals surface area contributed by atoms with E-state index in [1.807, 2.05) is 6.92 Å². The molecule has 0 amide bonds. The van der Waals surface area contributed by atoms with E-state index in [-0.39, 0.29) is 6.04 Å². The van der Waals surface area contributed by atoms with E-state index in [1.54, 1.807) is 23.1 Å². The molecule has 0 bridgehead atoms. The summed E-state index contributed by atoms with van der Waals surface area (Å²) >= 11 is 3.51. The van der Waals surface area contributed by atoms with Crippen molar-refractivity contribution in [1.82, 2.24) is 9.97 Å². The van der Waals surface area contributed by atoms with Crippen LogP contribution < -0.4 is 5.73 Å². The molecule has 0 aromatic carbocycles. The fourth-order valence-electron chi connectivity index (χ4n) is 1.72. The predicted octanol–water partition coefficient (Wildman–Crippen LogP) is 3.45. The number of hydrogen-bond donors (Lipinski definition) is 1. The molecular formula is C13H19N3S2. The molecule has 2 aromatic rings. The number of hydrogen-bond acceptors (Lipinski definition) is 5. The molecule has 1 unspecified atom stereocenters. The van der Waals surface area contributed by atoms with Crippen LogP contribution in [0.5, 0.6) is 0 Å². The number of thioether (sulfide) groups is 1. The molecule has 0 aliphatic carbocycles. The van der Waals surface area contributed by atoms with Crippen molar-refractivity contribution >= 4 is 33.3 Å². The van der Waals surface area contributed by atoms with Gasteiger partial charge < -0.3 is 5.73 Å². The van der Waals surface area contributed by atoms with Gasteiger partial charge in [-0.3, -0.25) is 0 Å². The van der Waals surface area contributed by atoms with Gasteiger partial charge in [-0.05, 0) is 32.8 Å². The van der Waals surface area contributed by atoms with E-state index in [4.69, 9.17) is 5.73 Å². The van der Waals surface area contributed by atoms with Crippen LogP contribution in [-0.2, 0) is 0 Å². The third-order valence-corrected chi connectivity index (χ3v) is 5.33. The Labute approximate surface area is 116 Å². The first-order chi connectivity index (χ1) is 8.52. The average molecular weight is 281 g/mol. The molecule has 2 heterocycles. The highest BCUT2D eigenvalue weighted by molar-refractivity contribution is 7.99. The fourth-order valence-corrected chi connectivity index (χ4v) is 4.06. The zero-order valence-corrected chi connectivity index (χ0v) is 12.9. The minimum absolute atomic E-state index is 0.236. The standard InChI is InChI=1S/C13H19N3S2/c1-5-10(14)6-17-12-11-7(2)8(3)18-13(11)16-9(4)15-12/h10H,5-6,14H2,1-4H3. The average Bonchev–Trinajstić information content (AvgIpc) is 2.61. The highest BCUT2D eigenvalue weighted by Gasteiger charge is 2.14. The molecule has 0 aliphatic rings. The Morgan fingerprint density at radius 2 is 2.00 bits per heavy atom. The minimum atomic E-state index is 0.236. The molecule has 0 saturated carbocycles. The third-order valence-electron chi connectivity index (χ3n) is 3.07. The maximum absolute atomic E-state index is 5.98. The molecule has 3 nitrogen and oxygen atoms in total. The van der Waals surface area contributed by atoms with Crippen LogP contribution in [0.3, 0.4) is 0 Å². The van der Waals surface area contributed by atoms with Crippen molar-refractivity contribution in [2.45, 2.75) is 45.2 Å². The van der Waals surface area contributed by atoms with Crippen molar-refractivity contribution in [2.24, 2.45) is 5.73 Å². The van der Waals surface area contributed by atoms with E-state index in [0.29, 0.717) is 0 Å². The lowest BCUT2D eigenvalue weighted by atomic mass is 10.2. The highest BCUT2D eigenvalue weighted by atomic mass is 32.2. The van der Waals surface area contributed by atoms with Gasteiger partial charge in [-0.1, -0.05) is 6.92 Å². The van der Waals surface area contributed by atoms with Gasteiger partial charge in [0.2, 0.25) is 0 Å². The lowest BCUT2D eigenvalue weighted by Crippen LogP contribution is -2.21. The van der Waals surface area contributed by atoms with Crippen LogP contribution in [-0.4, -0.2) is 21.8 Å². The molecule has 0 fully saturated rings. The van der Waals surface area contributed by atoms with Crippen LogP contribution in [0.1, 0.15) is 29.6 Å². The first-order valence-electron chi connectivity index (χ1n) is 6.15. The summed E-state index contributed by atoms with van der Waals surface area (Å²) < 4.78 is 0. The molecule has 2 N–H and O–H groups in total. The Bertz CT molecular complexity index is 563. The van der Waals surface area contributed by atoms with Gasteiger partial charge in [-0.2, -0.15) is 0 Å². The van der Waals surface area contributed by atoms with E-state index in [9.17, 15) is 0 Å². The third kappa shape index (κ3) is 2.68. The summed E-state index contributed by atoms with van der Waals surface area (Å²) in [6.45, 7) is 8.36. The van der Waals surface area contributed by atoms with Gasteiger partial charge in [0.05, 0.1) is 0 Å². The van der Waals surface area contributed by atoms with E-state index in [2.05, 4.69) is 30.7 Å². The second-order valence-electron chi connectivity index (χ2n) is 4.52. The Kier molecular flexibility index (Phi) is 4.25. The van der Waals surface area contributed by atoms with Gasteiger partial charge in [-0.25, -0.2) is 9.97 Å². The number of aryl methyl sites for hydroxylation is 3. The second-order valence-corrected chi connectivity index (χ2v) is 6.73. The molecule has 2 aromatic heterocycles. The van der Waals surface area contributed by atoms with Gasteiger partial charge in [0, 0.05) is 22.1 Å². The van der Waals surface area contributed by atoms with Crippen molar-refractivity contribution in [3.05, 3.63) is 16.3 Å². The minimum Gasteiger partial charge on any atom is -0.327 e. The number of aromatic nitrogens is 2. The summed E-state index contributed by atoms with van der Waals surface area (Å²) in [6, 6.07) is 0.236. The predicted molar refractivity (Wildman–Crippen MR) is 80.6 cm³/mol. The van der Waals surface area contributed by atoms with E-state index in [1.165, 1.54) is 15.8 Å². The summed E-state index contributed by atoms with van der Waals surface area (Å²) in [6.07, 6.45) is 1.00. The molecule has 1 atom stereocenters. The molecule has 2 rings (SSSR count). The maximum Gasteiger partial charge on any atom is 0.128 e. The van der Waals surface area contributed by atoms with Gasteiger partial charge in [0.15, 0.2) is 0 Å². The molecule has 98 valence electrons. The van der Waals surface area contributed by atoms with Gasteiger partial charge >= 0.3 is 0 Å². The highest BCUT2D eigenvalue weighted by Crippen LogP contribution is 2.35. The maximum atomic E-state index is 5.98. The second kappa shape index (κ2) is 5.55. The monoisotopic (exact) mass is 281 g/mol. The molecular weight excluding hydrogens is 262 g/mol. The van der Waals surface area contributed by atoms with Gasteiger partial charge in [0.1, 0.15) is 15.7 Å².